The lowest BCUT2D eigenvalue weighted by molar-refractivity contribution is 0.101. The molecule has 0 atom stereocenters. The van der Waals surface area contributed by atoms with Crippen LogP contribution in [-0.4, -0.2) is 12.4 Å². The Balaban J connectivity index is 1.85. The van der Waals surface area contributed by atoms with E-state index in [0.717, 1.165) is 15.6 Å². The molecule has 0 saturated carbocycles. The second-order valence-electron chi connectivity index (χ2n) is 5.40. The zero-order valence-corrected chi connectivity index (χ0v) is 14.2. The summed E-state index contributed by atoms with van der Waals surface area (Å²) >= 11 is 3.41. The lowest BCUT2D eigenvalue weighted by atomic mass is 10.1. The molecular formula is C19H15BrO3. The maximum absolute atomic E-state index is 12.4. The fourth-order valence-electron chi connectivity index (χ4n) is 2.21. The smallest absolute Gasteiger partial charge is 0.231 e. The Labute approximate surface area is 143 Å². The molecule has 0 N–H and O–H groups in total. The average molecular weight is 371 g/mol. The summed E-state index contributed by atoms with van der Waals surface area (Å²) in [5.41, 5.74) is 2.38. The molecule has 0 radical (unpaired) electrons. The van der Waals surface area contributed by atoms with Crippen molar-refractivity contribution in [3.05, 3.63) is 76.0 Å². The zero-order chi connectivity index (χ0) is 16.4. The number of carbonyl (C=O) groups is 1. The van der Waals surface area contributed by atoms with Gasteiger partial charge < -0.3 is 9.47 Å². The maximum Gasteiger partial charge on any atom is 0.231 e. The van der Waals surface area contributed by atoms with Crippen molar-refractivity contribution in [2.45, 2.75) is 6.92 Å². The quantitative estimate of drug-likeness (QED) is 0.559. The first kappa shape index (κ1) is 15.6. The Morgan fingerprint density at radius 1 is 1.30 bits per heavy atom. The second-order valence-corrected chi connectivity index (χ2v) is 6.31. The Bertz CT molecular complexity index is 821. The van der Waals surface area contributed by atoms with Gasteiger partial charge in [0.15, 0.2) is 5.76 Å². The maximum atomic E-state index is 12.4. The topological polar surface area (TPSA) is 35.5 Å². The standard InChI is InChI=1S/C19H15BrO3/c1-12(2)11-22-15-6-7-16-17(10-15)23-18(19(16)21)9-13-4-3-5-14(20)8-13/h3-10H,1,11H2,2H3/b18-9-. The summed E-state index contributed by atoms with van der Waals surface area (Å²) in [5.74, 6) is 1.38. The van der Waals surface area contributed by atoms with E-state index in [9.17, 15) is 4.79 Å². The van der Waals surface area contributed by atoms with E-state index >= 15 is 0 Å². The molecule has 3 nitrogen and oxygen atoms in total. The van der Waals surface area contributed by atoms with Gasteiger partial charge in [-0.3, -0.25) is 4.79 Å². The highest BCUT2D eigenvalue weighted by atomic mass is 79.9. The number of ketones is 1. The van der Waals surface area contributed by atoms with Crippen molar-refractivity contribution in [1.82, 2.24) is 0 Å². The minimum absolute atomic E-state index is 0.119. The molecule has 0 fully saturated rings. The van der Waals surface area contributed by atoms with Crippen molar-refractivity contribution in [3.63, 3.8) is 0 Å². The lowest BCUT2D eigenvalue weighted by Crippen LogP contribution is -1.98. The van der Waals surface area contributed by atoms with Crippen molar-refractivity contribution in [3.8, 4) is 11.5 Å². The molecule has 2 aromatic carbocycles. The number of fused-ring (bicyclic) bond motifs is 1. The molecule has 0 spiro atoms. The molecule has 116 valence electrons. The van der Waals surface area contributed by atoms with Gasteiger partial charge in [-0.05, 0) is 48.4 Å². The highest BCUT2D eigenvalue weighted by molar-refractivity contribution is 9.10. The molecule has 1 aliphatic heterocycles. The molecule has 0 aromatic heterocycles. The van der Waals surface area contributed by atoms with Crippen LogP contribution < -0.4 is 9.47 Å². The van der Waals surface area contributed by atoms with E-state index in [1.54, 1.807) is 24.3 Å². The van der Waals surface area contributed by atoms with E-state index in [0.29, 0.717) is 29.4 Å². The van der Waals surface area contributed by atoms with Crippen LogP contribution in [0.25, 0.3) is 6.08 Å². The predicted octanol–water partition coefficient (Wildman–Crippen LogP) is 5.02. The van der Waals surface area contributed by atoms with Crippen LogP contribution >= 0.6 is 15.9 Å². The van der Waals surface area contributed by atoms with Gasteiger partial charge in [0.05, 0.1) is 5.56 Å². The Kier molecular flexibility index (Phi) is 4.35. The summed E-state index contributed by atoms with van der Waals surface area (Å²) < 4.78 is 12.2. The van der Waals surface area contributed by atoms with Crippen LogP contribution in [0.4, 0.5) is 0 Å². The van der Waals surface area contributed by atoms with E-state index in [1.165, 1.54) is 0 Å². The van der Waals surface area contributed by atoms with Crippen LogP contribution in [0.5, 0.6) is 11.5 Å². The van der Waals surface area contributed by atoms with E-state index in [1.807, 2.05) is 31.2 Å². The monoisotopic (exact) mass is 370 g/mol. The normalized spacial score (nSPS) is 14.5. The first-order valence-electron chi connectivity index (χ1n) is 7.14. The zero-order valence-electron chi connectivity index (χ0n) is 12.6. The number of ether oxygens (including phenoxy) is 2. The van der Waals surface area contributed by atoms with Gasteiger partial charge in [-0.15, -0.1) is 0 Å². The van der Waals surface area contributed by atoms with E-state index in [-0.39, 0.29) is 5.78 Å². The second kappa shape index (κ2) is 6.42. The molecule has 4 heteroatoms. The molecule has 0 unspecified atom stereocenters. The lowest BCUT2D eigenvalue weighted by Gasteiger charge is -2.06. The van der Waals surface area contributed by atoms with Crippen molar-refractivity contribution in [2.24, 2.45) is 0 Å². The summed E-state index contributed by atoms with van der Waals surface area (Å²) in [7, 11) is 0. The highest BCUT2D eigenvalue weighted by Gasteiger charge is 2.27. The minimum atomic E-state index is -0.119. The minimum Gasteiger partial charge on any atom is -0.489 e. The molecule has 2 aromatic rings. The number of halogens is 1. The van der Waals surface area contributed by atoms with Crippen LogP contribution in [0, 0.1) is 0 Å². The van der Waals surface area contributed by atoms with Crippen LogP contribution in [0.1, 0.15) is 22.8 Å². The van der Waals surface area contributed by atoms with Gasteiger partial charge in [0.2, 0.25) is 5.78 Å². The van der Waals surface area contributed by atoms with Gasteiger partial charge in [-0.25, -0.2) is 0 Å². The number of Topliss-reactive ketones (excluding diaryl/α,β-unsaturated/α-hetero) is 1. The van der Waals surface area contributed by atoms with Crippen molar-refractivity contribution in [1.29, 1.82) is 0 Å². The van der Waals surface area contributed by atoms with E-state index in [4.69, 9.17) is 9.47 Å². The Morgan fingerprint density at radius 2 is 2.13 bits per heavy atom. The van der Waals surface area contributed by atoms with Crippen molar-refractivity contribution < 1.29 is 14.3 Å². The molecule has 1 aliphatic rings. The number of carbonyl (C=O) groups excluding carboxylic acids is 1. The third-order valence-electron chi connectivity index (χ3n) is 3.27. The SMILES string of the molecule is C=C(C)COc1ccc2c(c1)O/C(=C\c1cccc(Br)c1)C2=O. The van der Waals surface area contributed by atoms with E-state index < -0.39 is 0 Å². The fraction of sp³-hybridized carbons (Fsp3) is 0.105. The van der Waals surface area contributed by atoms with Crippen LogP contribution in [0.15, 0.2) is 64.8 Å². The number of benzene rings is 2. The largest absolute Gasteiger partial charge is 0.489 e. The third-order valence-corrected chi connectivity index (χ3v) is 3.77. The molecule has 23 heavy (non-hydrogen) atoms. The predicted molar refractivity (Wildman–Crippen MR) is 93.8 cm³/mol. The third kappa shape index (κ3) is 3.54. The number of rotatable bonds is 4. The van der Waals surface area contributed by atoms with Crippen LogP contribution in [-0.2, 0) is 0 Å². The summed E-state index contributed by atoms with van der Waals surface area (Å²) in [6.45, 7) is 6.13. The molecule has 0 aliphatic carbocycles. The first-order chi connectivity index (χ1) is 11.0. The van der Waals surface area contributed by atoms with Gasteiger partial charge in [0.25, 0.3) is 0 Å². The molecule has 1 heterocycles. The molecule has 0 amide bonds. The van der Waals surface area contributed by atoms with Crippen LogP contribution in [0.3, 0.4) is 0 Å². The average Bonchev–Trinajstić information content (AvgIpc) is 2.81. The van der Waals surface area contributed by atoms with Gasteiger partial charge in [-0.2, -0.15) is 0 Å². The Hall–Kier alpha value is -2.33. The molecule has 0 bridgehead atoms. The van der Waals surface area contributed by atoms with Crippen molar-refractivity contribution in [2.75, 3.05) is 6.61 Å². The summed E-state index contributed by atoms with van der Waals surface area (Å²) in [6, 6.07) is 12.9. The highest BCUT2D eigenvalue weighted by Crippen LogP contribution is 2.35. The van der Waals surface area contributed by atoms with Crippen LogP contribution in [0.2, 0.25) is 0 Å². The number of hydrogen-bond donors (Lipinski definition) is 0. The van der Waals surface area contributed by atoms with Crippen molar-refractivity contribution >= 4 is 27.8 Å². The summed E-state index contributed by atoms with van der Waals surface area (Å²) in [5, 5.41) is 0. The number of hydrogen-bond acceptors (Lipinski definition) is 3. The summed E-state index contributed by atoms with van der Waals surface area (Å²) in [6.07, 6.45) is 1.74. The van der Waals surface area contributed by atoms with Gasteiger partial charge in [0, 0.05) is 10.5 Å². The van der Waals surface area contributed by atoms with Gasteiger partial charge >= 0.3 is 0 Å². The molecular weight excluding hydrogens is 356 g/mol. The summed E-state index contributed by atoms with van der Waals surface area (Å²) in [4.78, 5) is 12.4. The Morgan fingerprint density at radius 3 is 2.87 bits per heavy atom. The van der Waals surface area contributed by atoms with Gasteiger partial charge in [-0.1, -0.05) is 34.6 Å². The molecule has 0 saturated heterocycles. The van der Waals surface area contributed by atoms with E-state index in [2.05, 4.69) is 22.5 Å². The molecule has 3 rings (SSSR count). The first-order valence-corrected chi connectivity index (χ1v) is 7.93. The van der Waals surface area contributed by atoms with Gasteiger partial charge in [0.1, 0.15) is 18.1 Å². The fourth-order valence-corrected chi connectivity index (χ4v) is 2.63. The number of allylic oxidation sites excluding steroid dienone is 1.